The number of alkyl halides is 3. The van der Waals surface area contributed by atoms with Gasteiger partial charge in [-0.15, -0.1) is 0 Å². The lowest BCUT2D eigenvalue weighted by atomic mass is 9.59. The molecule has 1 N–H and O–H groups in total. The molecule has 1 unspecified atom stereocenters. The SMILES string of the molecule is COc1cccc([C@@]23CCN(C(=O)OCC(Cl)(Cl)Cl)CC2Cc2c([nH]c4cccc(F)c24)C3)c1. The molecule has 1 fully saturated rings. The maximum atomic E-state index is 14.8. The van der Waals surface area contributed by atoms with Gasteiger partial charge in [-0.05, 0) is 60.6 Å². The molecule has 1 saturated heterocycles. The Morgan fingerprint density at radius 2 is 2.06 bits per heavy atom. The Morgan fingerprint density at radius 3 is 2.82 bits per heavy atom. The number of halogens is 4. The lowest BCUT2D eigenvalue weighted by Gasteiger charge is -2.50. The molecule has 2 atom stereocenters. The minimum Gasteiger partial charge on any atom is -0.497 e. The van der Waals surface area contributed by atoms with Crippen LogP contribution in [0.15, 0.2) is 42.5 Å². The Balaban J connectivity index is 1.53. The Morgan fingerprint density at radius 1 is 1.26 bits per heavy atom. The third-order valence-electron chi connectivity index (χ3n) is 7.22. The van der Waals surface area contributed by atoms with E-state index < -0.39 is 9.89 Å². The number of amides is 1. The van der Waals surface area contributed by atoms with Crippen LogP contribution < -0.4 is 4.74 Å². The smallest absolute Gasteiger partial charge is 0.409 e. The number of aromatic nitrogens is 1. The molecule has 3 aromatic rings. The molecule has 2 aliphatic rings. The van der Waals surface area contributed by atoms with Crippen molar-refractivity contribution in [2.45, 2.75) is 28.5 Å². The molecule has 5 rings (SSSR count). The number of nitrogens with zero attached hydrogens (tertiary/aromatic N) is 1. The van der Waals surface area contributed by atoms with Gasteiger partial charge in [0.1, 0.15) is 18.2 Å². The van der Waals surface area contributed by atoms with Crippen LogP contribution in [0.1, 0.15) is 23.2 Å². The van der Waals surface area contributed by atoms with Crippen LogP contribution in [0.25, 0.3) is 10.9 Å². The summed E-state index contributed by atoms with van der Waals surface area (Å²) in [5, 5.41) is 0.632. The molecular weight excluding hydrogens is 502 g/mol. The van der Waals surface area contributed by atoms with E-state index in [1.54, 1.807) is 18.1 Å². The number of piperidine rings is 1. The fourth-order valence-corrected chi connectivity index (χ4v) is 5.80. The summed E-state index contributed by atoms with van der Waals surface area (Å²) in [6, 6.07) is 13.2. The van der Waals surface area contributed by atoms with Crippen LogP contribution in [-0.2, 0) is 23.0 Å². The van der Waals surface area contributed by atoms with Crippen LogP contribution in [0, 0.1) is 11.7 Å². The van der Waals surface area contributed by atoms with Crippen molar-refractivity contribution in [3.8, 4) is 5.75 Å². The van der Waals surface area contributed by atoms with E-state index in [2.05, 4.69) is 17.1 Å². The third-order valence-corrected chi connectivity index (χ3v) is 7.55. The van der Waals surface area contributed by atoms with E-state index in [1.807, 2.05) is 18.2 Å². The number of ether oxygens (including phenoxy) is 2. The maximum absolute atomic E-state index is 14.8. The molecule has 0 radical (unpaired) electrons. The van der Waals surface area contributed by atoms with Gasteiger partial charge in [0.25, 0.3) is 0 Å². The van der Waals surface area contributed by atoms with Gasteiger partial charge in [0.15, 0.2) is 0 Å². The topological polar surface area (TPSA) is 54.6 Å². The second kappa shape index (κ2) is 8.81. The van der Waals surface area contributed by atoms with Gasteiger partial charge in [0, 0.05) is 35.1 Å². The largest absolute Gasteiger partial charge is 0.497 e. The Labute approximate surface area is 212 Å². The number of rotatable bonds is 3. The monoisotopic (exact) mass is 524 g/mol. The van der Waals surface area contributed by atoms with Crippen LogP contribution in [0.3, 0.4) is 0 Å². The minimum absolute atomic E-state index is 0.0415. The maximum Gasteiger partial charge on any atom is 0.409 e. The number of aromatic amines is 1. The molecule has 1 aromatic heterocycles. The second-order valence-corrected chi connectivity index (χ2v) is 11.6. The molecule has 34 heavy (non-hydrogen) atoms. The summed E-state index contributed by atoms with van der Waals surface area (Å²) in [6.07, 6.45) is 1.54. The van der Waals surface area contributed by atoms with Gasteiger partial charge >= 0.3 is 6.09 Å². The fraction of sp³-hybridized carbons (Fsp3) is 0.400. The van der Waals surface area contributed by atoms with E-state index in [0.29, 0.717) is 37.7 Å². The van der Waals surface area contributed by atoms with Crippen molar-refractivity contribution in [2.75, 3.05) is 26.8 Å². The summed E-state index contributed by atoms with van der Waals surface area (Å²) in [5.74, 6) is 0.585. The minimum atomic E-state index is -1.67. The number of carbonyl (C=O) groups excluding carboxylic acids is 1. The first-order valence-electron chi connectivity index (χ1n) is 11.1. The van der Waals surface area contributed by atoms with Gasteiger partial charge < -0.3 is 19.4 Å². The summed E-state index contributed by atoms with van der Waals surface area (Å²) < 4.78 is 23.9. The number of methoxy groups -OCH3 is 1. The van der Waals surface area contributed by atoms with Crippen molar-refractivity contribution < 1.29 is 18.7 Å². The number of nitrogens with one attached hydrogen (secondary N) is 1. The van der Waals surface area contributed by atoms with Crippen molar-refractivity contribution in [3.05, 3.63) is 65.1 Å². The zero-order chi connectivity index (χ0) is 24.1. The van der Waals surface area contributed by atoms with Crippen LogP contribution >= 0.6 is 34.8 Å². The van der Waals surface area contributed by atoms with Crippen molar-refractivity contribution in [2.24, 2.45) is 5.92 Å². The predicted octanol–water partition coefficient (Wildman–Crippen LogP) is 6.18. The van der Waals surface area contributed by atoms with E-state index in [4.69, 9.17) is 44.3 Å². The molecule has 0 saturated carbocycles. The molecule has 9 heteroatoms. The molecule has 0 spiro atoms. The van der Waals surface area contributed by atoms with Gasteiger partial charge in [-0.2, -0.15) is 0 Å². The molecule has 0 bridgehead atoms. The highest BCUT2D eigenvalue weighted by Crippen LogP contribution is 2.50. The lowest BCUT2D eigenvalue weighted by Crippen LogP contribution is -2.55. The molecule has 2 heterocycles. The predicted molar refractivity (Wildman–Crippen MR) is 132 cm³/mol. The summed E-state index contributed by atoms with van der Waals surface area (Å²) >= 11 is 17.3. The quantitative estimate of drug-likeness (QED) is 0.415. The van der Waals surface area contributed by atoms with E-state index in [0.717, 1.165) is 28.1 Å². The normalized spacial score (nSPS) is 22.3. The summed E-state index contributed by atoms with van der Waals surface area (Å²) in [4.78, 5) is 17.9. The average Bonchev–Trinajstić information content (AvgIpc) is 3.18. The number of hydrogen-bond donors (Lipinski definition) is 1. The standard InChI is InChI=1S/C25H24Cl3FN2O3/c1-33-17-5-2-4-15(10-17)24-8-9-31(23(32)34-14-25(26,27)28)13-16(24)11-18-21(12-24)30-20-7-3-6-19(29)22(18)20/h2-7,10,16,30H,8-9,11-14H2,1H3/t16?,24-/m0/s1. The molecule has 1 amide bonds. The number of hydrogen-bond acceptors (Lipinski definition) is 3. The first-order chi connectivity index (χ1) is 16.2. The number of H-pyrrole nitrogens is 1. The summed E-state index contributed by atoms with van der Waals surface area (Å²) in [5.41, 5.74) is 3.73. The molecule has 1 aliphatic heterocycles. The van der Waals surface area contributed by atoms with E-state index >= 15 is 0 Å². The highest BCUT2D eigenvalue weighted by molar-refractivity contribution is 6.67. The van der Waals surface area contributed by atoms with Crippen molar-refractivity contribution in [3.63, 3.8) is 0 Å². The van der Waals surface area contributed by atoms with Crippen LogP contribution in [0.2, 0.25) is 0 Å². The number of benzene rings is 2. The number of carbonyl (C=O) groups is 1. The van der Waals surface area contributed by atoms with Gasteiger partial charge in [-0.1, -0.05) is 53.0 Å². The van der Waals surface area contributed by atoms with Crippen LogP contribution in [0.5, 0.6) is 5.75 Å². The van der Waals surface area contributed by atoms with Crippen LogP contribution in [0.4, 0.5) is 9.18 Å². The van der Waals surface area contributed by atoms with E-state index in [1.165, 1.54) is 6.07 Å². The molecule has 5 nitrogen and oxygen atoms in total. The zero-order valence-electron chi connectivity index (χ0n) is 18.5. The third kappa shape index (κ3) is 4.21. The van der Waals surface area contributed by atoms with Gasteiger partial charge in [0.05, 0.1) is 7.11 Å². The lowest BCUT2D eigenvalue weighted by molar-refractivity contribution is 0.0539. The Kier molecular flexibility index (Phi) is 6.11. The van der Waals surface area contributed by atoms with E-state index in [9.17, 15) is 9.18 Å². The average molecular weight is 526 g/mol. The summed E-state index contributed by atoms with van der Waals surface area (Å²) in [6.45, 7) is 0.628. The second-order valence-electron chi connectivity index (χ2n) is 9.08. The molecule has 180 valence electrons. The van der Waals surface area contributed by atoms with Gasteiger partial charge in [-0.3, -0.25) is 0 Å². The van der Waals surface area contributed by atoms with E-state index in [-0.39, 0.29) is 23.8 Å². The summed E-state index contributed by atoms with van der Waals surface area (Å²) in [7, 11) is 1.65. The number of fused-ring (bicyclic) bond motifs is 4. The van der Waals surface area contributed by atoms with Crippen LogP contribution in [-0.4, -0.2) is 46.6 Å². The zero-order valence-corrected chi connectivity index (χ0v) is 20.8. The number of likely N-dealkylation sites (tertiary alicyclic amines) is 1. The van der Waals surface area contributed by atoms with Gasteiger partial charge in [-0.25, -0.2) is 9.18 Å². The molecular formula is C25H24Cl3FN2O3. The first-order valence-corrected chi connectivity index (χ1v) is 12.2. The molecule has 1 aliphatic carbocycles. The highest BCUT2D eigenvalue weighted by Gasteiger charge is 2.49. The van der Waals surface area contributed by atoms with Crippen molar-refractivity contribution >= 4 is 51.8 Å². The van der Waals surface area contributed by atoms with Crippen molar-refractivity contribution in [1.82, 2.24) is 9.88 Å². The highest BCUT2D eigenvalue weighted by atomic mass is 35.6. The molecule has 2 aromatic carbocycles. The van der Waals surface area contributed by atoms with Gasteiger partial charge in [0.2, 0.25) is 3.79 Å². The fourth-order valence-electron chi connectivity index (χ4n) is 5.64. The first kappa shape index (κ1) is 23.6. The van der Waals surface area contributed by atoms with Crippen molar-refractivity contribution in [1.29, 1.82) is 0 Å². The Hall–Kier alpha value is -2.15. The Bertz CT molecular complexity index is 1240.